The van der Waals surface area contributed by atoms with E-state index in [0.29, 0.717) is 25.7 Å². The Morgan fingerprint density at radius 3 is 2.65 bits per heavy atom. The standard InChI is InChI=1S/C21H34O5/c1-3-4-9-13-21(2,26)14-12-17-16(18(22)15-19(17)23)10-7-5-6-8-11-20(24)25/h5,7,12,14,16-18,22,26H,3-4,6,8-11,13,15H2,1-2H3,(H,24,25)/b7-5-,14-12+/t16-,17?,18+,21+/m1/s1. The molecule has 0 aromatic heterocycles. The molecule has 1 unspecified atom stereocenters. The zero-order valence-electron chi connectivity index (χ0n) is 16.1. The van der Waals surface area contributed by atoms with Gasteiger partial charge in [0.15, 0.2) is 0 Å². The minimum Gasteiger partial charge on any atom is -0.481 e. The summed E-state index contributed by atoms with van der Waals surface area (Å²) in [7, 11) is 0. The Balaban J connectivity index is 2.58. The van der Waals surface area contributed by atoms with E-state index in [0.717, 1.165) is 19.3 Å². The van der Waals surface area contributed by atoms with Crippen LogP contribution in [0, 0.1) is 11.8 Å². The van der Waals surface area contributed by atoms with Crippen molar-refractivity contribution in [3.63, 3.8) is 0 Å². The van der Waals surface area contributed by atoms with Gasteiger partial charge in [0.2, 0.25) is 0 Å². The van der Waals surface area contributed by atoms with E-state index in [-0.39, 0.29) is 30.5 Å². The number of ketones is 1. The summed E-state index contributed by atoms with van der Waals surface area (Å²) in [6, 6.07) is 0. The average Bonchev–Trinajstić information content (AvgIpc) is 2.82. The maximum absolute atomic E-state index is 12.2. The lowest BCUT2D eigenvalue weighted by atomic mass is 9.88. The first kappa shape index (κ1) is 22.6. The van der Waals surface area contributed by atoms with Crippen LogP contribution in [-0.4, -0.2) is 38.8 Å². The summed E-state index contributed by atoms with van der Waals surface area (Å²) in [6.07, 6.45) is 12.6. The van der Waals surface area contributed by atoms with Gasteiger partial charge >= 0.3 is 5.97 Å². The van der Waals surface area contributed by atoms with Gasteiger partial charge in [-0.1, -0.05) is 50.5 Å². The van der Waals surface area contributed by atoms with Crippen LogP contribution < -0.4 is 0 Å². The summed E-state index contributed by atoms with van der Waals surface area (Å²) in [4.78, 5) is 22.7. The molecule has 0 saturated heterocycles. The number of allylic oxidation sites excluding steroid dienone is 3. The van der Waals surface area contributed by atoms with Crippen LogP contribution >= 0.6 is 0 Å². The van der Waals surface area contributed by atoms with Crippen molar-refractivity contribution < 1.29 is 24.9 Å². The summed E-state index contributed by atoms with van der Waals surface area (Å²) < 4.78 is 0. The lowest BCUT2D eigenvalue weighted by Crippen LogP contribution is -2.23. The third-order valence-corrected chi connectivity index (χ3v) is 5.02. The second-order valence-electron chi connectivity index (χ2n) is 7.59. The van der Waals surface area contributed by atoms with Crippen LogP contribution in [-0.2, 0) is 9.59 Å². The molecule has 0 heterocycles. The van der Waals surface area contributed by atoms with Gasteiger partial charge in [-0.25, -0.2) is 0 Å². The van der Waals surface area contributed by atoms with Crippen molar-refractivity contribution in [1.82, 2.24) is 0 Å². The average molecular weight is 366 g/mol. The van der Waals surface area contributed by atoms with E-state index in [1.54, 1.807) is 19.1 Å². The number of carbonyl (C=O) groups excluding carboxylic acids is 1. The number of rotatable bonds is 12. The van der Waals surface area contributed by atoms with E-state index in [4.69, 9.17) is 5.11 Å². The molecule has 4 atom stereocenters. The third kappa shape index (κ3) is 8.28. The molecular weight excluding hydrogens is 332 g/mol. The molecule has 5 nitrogen and oxygen atoms in total. The number of aliphatic hydroxyl groups excluding tert-OH is 1. The largest absolute Gasteiger partial charge is 0.481 e. The molecule has 0 amide bonds. The van der Waals surface area contributed by atoms with Crippen molar-refractivity contribution in [2.24, 2.45) is 11.8 Å². The van der Waals surface area contributed by atoms with Crippen LogP contribution in [0.4, 0.5) is 0 Å². The second-order valence-corrected chi connectivity index (χ2v) is 7.59. The number of Topliss-reactive ketones (excluding diaryl/α,β-unsaturated/α-hetero) is 1. The Morgan fingerprint density at radius 2 is 2.00 bits per heavy atom. The Bertz CT molecular complexity index is 507. The van der Waals surface area contributed by atoms with E-state index < -0.39 is 17.7 Å². The van der Waals surface area contributed by atoms with Gasteiger partial charge in [0.25, 0.3) is 0 Å². The normalized spacial score (nSPS) is 26.0. The van der Waals surface area contributed by atoms with Gasteiger partial charge in [-0.2, -0.15) is 0 Å². The number of carbonyl (C=O) groups is 2. The number of carboxylic acid groups (broad SMARTS) is 1. The van der Waals surface area contributed by atoms with Crippen LogP contribution in [0.1, 0.15) is 71.6 Å². The molecule has 148 valence electrons. The van der Waals surface area contributed by atoms with E-state index in [2.05, 4.69) is 6.92 Å². The molecule has 1 aliphatic rings. The van der Waals surface area contributed by atoms with Gasteiger partial charge < -0.3 is 15.3 Å². The molecule has 0 spiro atoms. The van der Waals surface area contributed by atoms with Crippen molar-refractivity contribution >= 4 is 11.8 Å². The molecule has 5 heteroatoms. The highest BCUT2D eigenvalue weighted by atomic mass is 16.4. The molecule has 0 bridgehead atoms. The SMILES string of the molecule is CCCCC[C@](C)(O)/C=C/C1C(=O)C[C@H](O)[C@@H]1C/C=C\CCCC(=O)O. The number of carboxylic acids is 1. The topological polar surface area (TPSA) is 94.8 Å². The molecule has 0 radical (unpaired) electrons. The van der Waals surface area contributed by atoms with Crippen molar-refractivity contribution in [1.29, 1.82) is 0 Å². The highest BCUT2D eigenvalue weighted by Gasteiger charge is 2.39. The molecule has 0 aliphatic heterocycles. The Morgan fingerprint density at radius 1 is 1.27 bits per heavy atom. The van der Waals surface area contributed by atoms with Gasteiger partial charge in [0, 0.05) is 24.7 Å². The quantitative estimate of drug-likeness (QED) is 0.362. The summed E-state index contributed by atoms with van der Waals surface area (Å²) >= 11 is 0. The molecular formula is C21H34O5. The van der Waals surface area contributed by atoms with Gasteiger partial charge in [-0.3, -0.25) is 9.59 Å². The molecule has 0 aromatic rings. The predicted octanol–water partition coefficient (Wildman–Crippen LogP) is 3.64. The number of unbranched alkanes of at least 4 members (excludes halogenated alkanes) is 3. The smallest absolute Gasteiger partial charge is 0.303 e. The second kappa shape index (κ2) is 11.3. The number of hydrogen-bond acceptors (Lipinski definition) is 4. The maximum Gasteiger partial charge on any atom is 0.303 e. The fourth-order valence-electron chi connectivity index (χ4n) is 3.39. The highest BCUT2D eigenvalue weighted by Crippen LogP contribution is 2.34. The Kier molecular flexibility index (Phi) is 9.81. The Labute approximate surface area is 156 Å². The van der Waals surface area contributed by atoms with Crippen LogP contribution in [0.2, 0.25) is 0 Å². The van der Waals surface area contributed by atoms with Crippen LogP contribution in [0.15, 0.2) is 24.3 Å². The van der Waals surface area contributed by atoms with E-state index in [1.165, 1.54) is 0 Å². The molecule has 26 heavy (non-hydrogen) atoms. The first-order valence-corrected chi connectivity index (χ1v) is 9.76. The molecule has 1 aliphatic carbocycles. The molecule has 1 rings (SSSR count). The summed E-state index contributed by atoms with van der Waals surface area (Å²) in [5.41, 5.74) is -0.930. The Hall–Kier alpha value is -1.46. The number of aliphatic hydroxyl groups is 2. The van der Waals surface area contributed by atoms with Gasteiger partial charge in [0.1, 0.15) is 5.78 Å². The fraction of sp³-hybridized carbons (Fsp3) is 0.714. The molecule has 3 N–H and O–H groups in total. The molecule has 0 aromatic carbocycles. The van der Waals surface area contributed by atoms with E-state index in [9.17, 15) is 19.8 Å². The first-order chi connectivity index (χ1) is 12.3. The van der Waals surface area contributed by atoms with E-state index in [1.807, 2.05) is 12.2 Å². The van der Waals surface area contributed by atoms with Crippen molar-refractivity contribution in [3.05, 3.63) is 24.3 Å². The third-order valence-electron chi connectivity index (χ3n) is 5.02. The molecule has 1 saturated carbocycles. The van der Waals surface area contributed by atoms with Crippen molar-refractivity contribution in [2.75, 3.05) is 0 Å². The maximum atomic E-state index is 12.2. The lowest BCUT2D eigenvalue weighted by molar-refractivity contribution is -0.137. The predicted molar refractivity (Wildman–Crippen MR) is 102 cm³/mol. The van der Waals surface area contributed by atoms with Crippen LogP contribution in [0.3, 0.4) is 0 Å². The zero-order chi connectivity index (χ0) is 19.6. The van der Waals surface area contributed by atoms with Crippen molar-refractivity contribution in [2.45, 2.75) is 83.3 Å². The zero-order valence-corrected chi connectivity index (χ0v) is 16.1. The fourth-order valence-corrected chi connectivity index (χ4v) is 3.39. The van der Waals surface area contributed by atoms with Gasteiger partial charge in [0.05, 0.1) is 11.7 Å². The van der Waals surface area contributed by atoms with Crippen LogP contribution in [0.5, 0.6) is 0 Å². The number of hydrogen-bond donors (Lipinski definition) is 3. The monoisotopic (exact) mass is 366 g/mol. The minimum atomic E-state index is -0.930. The highest BCUT2D eigenvalue weighted by molar-refractivity contribution is 5.86. The van der Waals surface area contributed by atoms with Crippen molar-refractivity contribution in [3.8, 4) is 0 Å². The van der Waals surface area contributed by atoms with E-state index >= 15 is 0 Å². The first-order valence-electron chi connectivity index (χ1n) is 9.76. The summed E-state index contributed by atoms with van der Waals surface area (Å²) in [6.45, 7) is 3.87. The molecule has 1 fully saturated rings. The minimum absolute atomic E-state index is 0.0161. The summed E-state index contributed by atoms with van der Waals surface area (Å²) in [5.74, 6) is -1.33. The van der Waals surface area contributed by atoms with Gasteiger partial charge in [-0.05, 0) is 32.6 Å². The lowest BCUT2D eigenvalue weighted by Gasteiger charge is -2.21. The summed E-state index contributed by atoms with van der Waals surface area (Å²) in [5, 5.41) is 29.2. The van der Waals surface area contributed by atoms with Gasteiger partial charge in [-0.15, -0.1) is 0 Å². The number of aliphatic carboxylic acids is 1. The van der Waals surface area contributed by atoms with Crippen LogP contribution in [0.25, 0.3) is 0 Å².